The monoisotopic (exact) mass is 340 g/mol. The van der Waals surface area contributed by atoms with Crippen LogP contribution in [0.4, 0.5) is 15.4 Å². The molecule has 1 N–H and O–H groups in total. The third kappa shape index (κ3) is 2.20. The smallest absolute Gasteiger partial charge is 0.407 e. The fourth-order valence-corrected chi connectivity index (χ4v) is 2.83. The number of carbonyl (C=O) groups excluding carboxylic acids is 1. The second-order valence-corrected chi connectivity index (χ2v) is 5.72. The van der Waals surface area contributed by atoms with Crippen molar-refractivity contribution in [1.82, 2.24) is 14.8 Å². The lowest BCUT2D eigenvalue weighted by molar-refractivity contribution is 0.0997. The van der Waals surface area contributed by atoms with Crippen LogP contribution in [0.25, 0.3) is 0 Å². The topological polar surface area (TPSA) is 77.0 Å². The summed E-state index contributed by atoms with van der Waals surface area (Å²) in [4.78, 5) is 32.2. The molecule has 1 aromatic rings. The average molecular weight is 341 g/mol. The molecule has 1 atom stereocenters. The van der Waals surface area contributed by atoms with Gasteiger partial charge in [0.15, 0.2) is 0 Å². The molecule has 2 aliphatic heterocycles. The molecule has 20 heavy (non-hydrogen) atoms. The van der Waals surface area contributed by atoms with Crippen LogP contribution >= 0.6 is 15.9 Å². The van der Waals surface area contributed by atoms with Crippen molar-refractivity contribution < 1.29 is 14.7 Å². The number of carboxylic acid groups (broad SMARTS) is 1. The number of pyridine rings is 1. The molecule has 2 aliphatic rings. The summed E-state index contributed by atoms with van der Waals surface area (Å²) in [6, 6.07) is 3.40. The molecule has 3 rings (SSSR count). The van der Waals surface area contributed by atoms with Gasteiger partial charge < -0.3 is 14.9 Å². The quantitative estimate of drug-likeness (QED) is 0.839. The standard InChI is InChI=1S/C12H13BrN4O3/c13-8-1-2-10(14-5-8)17-7-9-6-15(12(19)20)3-4-16(9)11(17)18/h1-2,5,9H,3-4,6-7H2,(H,19,20). The zero-order valence-electron chi connectivity index (χ0n) is 10.6. The van der Waals surface area contributed by atoms with Crippen molar-refractivity contribution in [3.05, 3.63) is 22.8 Å². The van der Waals surface area contributed by atoms with E-state index in [-0.39, 0.29) is 12.1 Å². The molecule has 2 saturated heterocycles. The normalized spacial score (nSPS) is 22.1. The highest BCUT2D eigenvalue weighted by Gasteiger charge is 2.42. The molecule has 8 heteroatoms. The Morgan fingerprint density at radius 2 is 2.15 bits per heavy atom. The van der Waals surface area contributed by atoms with Crippen LogP contribution in [0.3, 0.4) is 0 Å². The van der Waals surface area contributed by atoms with E-state index in [1.807, 2.05) is 6.07 Å². The number of nitrogens with zero attached hydrogens (tertiary/aromatic N) is 4. The molecule has 1 unspecified atom stereocenters. The van der Waals surface area contributed by atoms with Gasteiger partial charge in [-0.15, -0.1) is 0 Å². The van der Waals surface area contributed by atoms with Crippen LogP contribution in [0.1, 0.15) is 0 Å². The molecule has 0 radical (unpaired) electrons. The van der Waals surface area contributed by atoms with Crippen LogP contribution in [0.15, 0.2) is 22.8 Å². The fraction of sp³-hybridized carbons (Fsp3) is 0.417. The number of aromatic nitrogens is 1. The Labute approximate surface area is 123 Å². The van der Waals surface area contributed by atoms with E-state index in [1.54, 1.807) is 22.1 Å². The number of halogens is 1. The first-order valence-corrected chi connectivity index (χ1v) is 7.03. The van der Waals surface area contributed by atoms with E-state index in [0.29, 0.717) is 32.0 Å². The molecule has 0 aliphatic carbocycles. The summed E-state index contributed by atoms with van der Waals surface area (Å²) in [7, 11) is 0. The highest BCUT2D eigenvalue weighted by Crippen LogP contribution is 2.25. The molecule has 0 spiro atoms. The highest BCUT2D eigenvalue weighted by atomic mass is 79.9. The predicted molar refractivity (Wildman–Crippen MR) is 74.8 cm³/mol. The maximum atomic E-state index is 12.3. The second-order valence-electron chi connectivity index (χ2n) is 4.80. The molecule has 1 aromatic heterocycles. The largest absolute Gasteiger partial charge is 0.465 e. The molecule has 7 nitrogen and oxygen atoms in total. The summed E-state index contributed by atoms with van der Waals surface area (Å²) in [5.41, 5.74) is 0. The van der Waals surface area contributed by atoms with Crippen LogP contribution in [0.5, 0.6) is 0 Å². The van der Waals surface area contributed by atoms with Gasteiger partial charge in [-0.25, -0.2) is 14.6 Å². The Bertz CT molecular complexity index is 550. The maximum Gasteiger partial charge on any atom is 0.407 e. The predicted octanol–water partition coefficient (Wildman–Crippen LogP) is 1.45. The molecule has 2 fully saturated rings. The Balaban J connectivity index is 1.79. The summed E-state index contributed by atoms with van der Waals surface area (Å²) in [5, 5.41) is 9.03. The molecular formula is C12H13BrN4O3. The van der Waals surface area contributed by atoms with Crippen molar-refractivity contribution in [2.45, 2.75) is 6.04 Å². The molecule has 0 aromatic carbocycles. The van der Waals surface area contributed by atoms with Gasteiger partial charge in [0.05, 0.1) is 12.6 Å². The zero-order chi connectivity index (χ0) is 14.3. The number of amides is 3. The maximum absolute atomic E-state index is 12.3. The summed E-state index contributed by atoms with van der Waals surface area (Å²) >= 11 is 3.31. The first-order chi connectivity index (χ1) is 9.56. The van der Waals surface area contributed by atoms with Gasteiger partial charge in [0.2, 0.25) is 0 Å². The molecular weight excluding hydrogens is 328 g/mol. The number of carbonyl (C=O) groups is 2. The lowest BCUT2D eigenvalue weighted by Gasteiger charge is -2.34. The number of rotatable bonds is 1. The summed E-state index contributed by atoms with van der Waals surface area (Å²) in [6.07, 6.45) is 0.709. The number of urea groups is 1. The van der Waals surface area contributed by atoms with Gasteiger partial charge in [-0.1, -0.05) is 0 Å². The summed E-state index contributed by atoms with van der Waals surface area (Å²) in [5.74, 6) is 0.592. The lowest BCUT2D eigenvalue weighted by Crippen LogP contribution is -2.53. The van der Waals surface area contributed by atoms with Crippen molar-refractivity contribution in [2.24, 2.45) is 0 Å². The van der Waals surface area contributed by atoms with Crippen LogP contribution < -0.4 is 4.90 Å². The first-order valence-electron chi connectivity index (χ1n) is 6.24. The number of anilines is 1. The van der Waals surface area contributed by atoms with E-state index in [1.165, 1.54) is 4.90 Å². The van der Waals surface area contributed by atoms with Crippen LogP contribution in [0, 0.1) is 0 Å². The van der Waals surface area contributed by atoms with Crippen molar-refractivity contribution in [1.29, 1.82) is 0 Å². The first kappa shape index (κ1) is 13.2. The Kier molecular flexibility index (Phi) is 3.25. The van der Waals surface area contributed by atoms with Crippen LogP contribution in [-0.2, 0) is 0 Å². The Morgan fingerprint density at radius 3 is 2.80 bits per heavy atom. The van der Waals surface area contributed by atoms with Crippen molar-refractivity contribution in [2.75, 3.05) is 31.1 Å². The minimum Gasteiger partial charge on any atom is -0.465 e. The van der Waals surface area contributed by atoms with Crippen molar-refractivity contribution in [3.8, 4) is 0 Å². The van der Waals surface area contributed by atoms with Gasteiger partial charge >= 0.3 is 12.1 Å². The minimum absolute atomic E-state index is 0.0993. The highest BCUT2D eigenvalue weighted by molar-refractivity contribution is 9.10. The number of hydrogen-bond donors (Lipinski definition) is 1. The Hall–Kier alpha value is -1.83. The third-order valence-electron chi connectivity index (χ3n) is 3.61. The van der Waals surface area contributed by atoms with E-state index in [0.717, 1.165) is 4.47 Å². The van der Waals surface area contributed by atoms with E-state index >= 15 is 0 Å². The molecule has 0 bridgehead atoms. The SMILES string of the molecule is O=C(O)N1CCN2C(=O)N(c3ccc(Br)cn3)CC2C1. The number of piperazine rings is 1. The summed E-state index contributed by atoms with van der Waals surface area (Å²) in [6.45, 7) is 1.62. The van der Waals surface area contributed by atoms with Crippen LogP contribution in [-0.4, -0.2) is 64.2 Å². The Morgan fingerprint density at radius 1 is 1.35 bits per heavy atom. The van der Waals surface area contributed by atoms with E-state index in [9.17, 15) is 9.59 Å². The van der Waals surface area contributed by atoms with Gasteiger partial charge in [0.1, 0.15) is 5.82 Å². The van der Waals surface area contributed by atoms with E-state index in [2.05, 4.69) is 20.9 Å². The van der Waals surface area contributed by atoms with Gasteiger partial charge in [-0.05, 0) is 28.1 Å². The number of hydrogen-bond acceptors (Lipinski definition) is 3. The van der Waals surface area contributed by atoms with Crippen molar-refractivity contribution in [3.63, 3.8) is 0 Å². The molecule has 106 valence electrons. The van der Waals surface area contributed by atoms with Gasteiger partial charge in [-0.3, -0.25) is 4.90 Å². The molecule has 3 heterocycles. The van der Waals surface area contributed by atoms with Gasteiger partial charge in [-0.2, -0.15) is 0 Å². The van der Waals surface area contributed by atoms with Crippen LogP contribution in [0.2, 0.25) is 0 Å². The zero-order valence-corrected chi connectivity index (χ0v) is 12.2. The second kappa shape index (κ2) is 4.93. The van der Waals surface area contributed by atoms with Gasteiger partial charge in [0, 0.05) is 30.3 Å². The van der Waals surface area contributed by atoms with E-state index in [4.69, 9.17) is 5.11 Å². The average Bonchev–Trinajstić information content (AvgIpc) is 2.76. The van der Waals surface area contributed by atoms with Crippen molar-refractivity contribution >= 4 is 33.9 Å². The minimum atomic E-state index is -0.933. The summed E-state index contributed by atoms with van der Waals surface area (Å²) < 4.78 is 0.850. The number of fused-ring (bicyclic) bond motifs is 1. The van der Waals surface area contributed by atoms with Gasteiger partial charge in [0.25, 0.3) is 0 Å². The fourth-order valence-electron chi connectivity index (χ4n) is 2.60. The molecule has 3 amide bonds. The lowest BCUT2D eigenvalue weighted by atomic mass is 10.2. The molecule has 0 saturated carbocycles. The van der Waals surface area contributed by atoms with E-state index < -0.39 is 6.09 Å². The third-order valence-corrected chi connectivity index (χ3v) is 4.08.